The first-order valence-corrected chi connectivity index (χ1v) is 3.91. The fraction of sp³-hybridized carbons (Fsp3) is 0.143. The average molecular weight is 166 g/mol. The maximum absolute atomic E-state index is 10.4. The summed E-state index contributed by atoms with van der Waals surface area (Å²) in [4.78, 5) is 11.5. The predicted octanol–water partition coefficient (Wildman–Crippen LogP) is 0.888. The molecule has 3 nitrogen and oxygen atoms in total. The summed E-state index contributed by atoms with van der Waals surface area (Å²) in [7, 11) is 0. The molecule has 0 radical (unpaired) electrons. The summed E-state index contributed by atoms with van der Waals surface area (Å²) in [5, 5.41) is 12.5. The molecule has 4 heteroatoms. The molecule has 11 heavy (non-hydrogen) atoms. The zero-order chi connectivity index (χ0) is 8.10. The van der Waals surface area contributed by atoms with E-state index in [0.29, 0.717) is 6.54 Å². The van der Waals surface area contributed by atoms with E-state index in [9.17, 15) is 4.79 Å². The highest BCUT2D eigenvalue weighted by Crippen LogP contribution is 2.06. The van der Waals surface area contributed by atoms with Crippen molar-refractivity contribution in [1.29, 1.82) is 5.26 Å². The minimum Gasteiger partial charge on any atom is -0.339 e. The van der Waals surface area contributed by atoms with Crippen LogP contribution in [-0.2, 0) is 11.3 Å². The lowest BCUT2D eigenvalue weighted by Gasteiger charge is -1.94. The van der Waals surface area contributed by atoms with Crippen LogP contribution in [0.5, 0.6) is 0 Å². The molecule has 0 aliphatic carbocycles. The van der Waals surface area contributed by atoms with Crippen molar-refractivity contribution in [2.45, 2.75) is 6.54 Å². The van der Waals surface area contributed by atoms with Gasteiger partial charge >= 0.3 is 5.91 Å². The molecule has 1 heterocycles. The van der Waals surface area contributed by atoms with E-state index in [1.54, 1.807) is 11.3 Å². The van der Waals surface area contributed by atoms with Gasteiger partial charge in [-0.05, 0) is 11.4 Å². The topological polar surface area (TPSA) is 52.9 Å². The molecule has 1 aromatic rings. The van der Waals surface area contributed by atoms with Gasteiger partial charge in [-0.15, -0.1) is 11.3 Å². The molecule has 0 unspecified atom stereocenters. The number of carbonyl (C=O) groups excluding carboxylic acids is 1. The normalized spacial score (nSPS) is 8.64. The molecule has 0 atom stereocenters. The third-order valence-corrected chi connectivity index (χ3v) is 1.98. The SMILES string of the molecule is N#CC(=O)NCc1cccs1. The Morgan fingerprint density at radius 2 is 2.64 bits per heavy atom. The summed E-state index contributed by atoms with van der Waals surface area (Å²) in [6, 6.07) is 5.29. The van der Waals surface area contributed by atoms with Crippen LogP contribution in [0.25, 0.3) is 0 Å². The number of rotatable bonds is 2. The van der Waals surface area contributed by atoms with Crippen LogP contribution in [0.3, 0.4) is 0 Å². The molecule has 1 aromatic heterocycles. The number of amides is 1. The first-order valence-electron chi connectivity index (χ1n) is 3.03. The number of nitrogens with zero attached hydrogens (tertiary/aromatic N) is 1. The molecule has 1 N–H and O–H groups in total. The van der Waals surface area contributed by atoms with E-state index in [1.807, 2.05) is 17.5 Å². The van der Waals surface area contributed by atoms with Crippen molar-refractivity contribution in [2.24, 2.45) is 0 Å². The third kappa shape index (κ3) is 2.40. The van der Waals surface area contributed by atoms with Crippen molar-refractivity contribution in [3.05, 3.63) is 22.4 Å². The third-order valence-electron chi connectivity index (χ3n) is 1.10. The smallest absolute Gasteiger partial charge is 0.322 e. The highest BCUT2D eigenvalue weighted by Gasteiger charge is 1.97. The van der Waals surface area contributed by atoms with Crippen LogP contribution in [0.1, 0.15) is 4.88 Å². The fourth-order valence-electron chi connectivity index (χ4n) is 0.620. The second-order valence-corrected chi connectivity index (χ2v) is 2.91. The van der Waals surface area contributed by atoms with E-state index >= 15 is 0 Å². The van der Waals surface area contributed by atoms with Crippen LogP contribution in [0.15, 0.2) is 17.5 Å². The maximum atomic E-state index is 10.4. The maximum Gasteiger partial charge on any atom is 0.322 e. The predicted molar refractivity (Wildman–Crippen MR) is 41.8 cm³/mol. The largest absolute Gasteiger partial charge is 0.339 e. The van der Waals surface area contributed by atoms with E-state index in [1.165, 1.54) is 6.07 Å². The second kappa shape index (κ2) is 3.74. The van der Waals surface area contributed by atoms with Gasteiger partial charge in [-0.3, -0.25) is 4.79 Å². The van der Waals surface area contributed by atoms with Crippen LogP contribution in [0, 0.1) is 11.3 Å². The van der Waals surface area contributed by atoms with Gasteiger partial charge in [-0.25, -0.2) is 0 Å². The molecule has 56 valence electrons. The summed E-state index contributed by atoms with van der Waals surface area (Å²) >= 11 is 1.55. The van der Waals surface area contributed by atoms with Crippen molar-refractivity contribution >= 4 is 17.2 Å². The Kier molecular flexibility index (Phi) is 2.64. The van der Waals surface area contributed by atoms with Gasteiger partial charge in [0.25, 0.3) is 0 Å². The van der Waals surface area contributed by atoms with E-state index in [2.05, 4.69) is 5.32 Å². The second-order valence-electron chi connectivity index (χ2n) is 1.87. The van der Waals surface area contributed by atoms with Gasteiger partial charge in [0.2, 0.25) is 0 Å². The number of carbonyl (C=O) groups is 1. The van der Waals surface area contributed by atoms with E-state index in [4.69, 9.17) is 5.26 Å². The Bertz CT molecular complexity index is 273. The zero-order valence-corrected chi connectivity index (χ0v) is 6.52. The quantitative estimate of drug-likeness (QED) is 0.663. The monoisotopic (exact) mass is 166 g/mol. The van der Waals surface area contributed by atoms with Gasteiger partial charge in [-0.2, -0.15) is 5.26 Å². The van der Waals surface area contributed by atoms with Gasteiger partial charge < -0.3 is 5.32 Å². The first-order chi connectivity index (χ1) is 5.33. The van der Waals surface area contributed by atoms with E-state index in [0.717, 1.165) is 4.88 Å². The van der Waals surface area contributed by atoms with Gasteiger partial charge in [0.1, 0.15) is 0 Å². The summed E-state index contributed by atoms with van der Waals surface area (Å²) in [5.41, 5.74) is 0. The Hall–Kier alpha value is -1.34. The van der Waals surface area contributed by atoms with Crippen molar-refractivity contribution in [3.63, 3.8) is 0 Å². The zero-order valence-electron chi connectivity index (χ0n) is 5.70. The Morgan fingerprint density at radius 1 is 1.82 bits per heavy atom. The average Bonchev–Trinajstić information content (AvgIpc) is 2.52. The van der Waals surface area contributed by atoms with E-state index < -0.39 is 5.91 Å². The molecular weight excluding hydrogens is 160 g/mol. The van der Waals surface area contributed by atoms with Gasteiger partial charge in [0.05, 0.1) is 6.54 Å². The van der Waals surface area contributed by atoms with Crippen LogP contribution >= 0.6 is 11.3 Å². The van der Waals surface area contributed by atoms with E-state index in [-0.39, 0.29) is 0 Å². The lowest BCUT2D eigenvalue weighted by Crippen LogP contribution is -2.19. The van der Waals surface area contributed by atoms with Crippen molar-refractivity contribution in [1.82, 2.24) is 5.32 Å². The molecule has 0 fully saturated rings. The molecule has 0 aliphatic rings. The number of nitrogens with one attached hydrogen (secondary N) is 1. The highest BCUT2D eigenvalue weighted by molar-refractivity contribution is 7.09. The molecule has 0 spiro atoms. The summed E-state index contributed by atoms with van der Waals surface area (Å²) in [6.45, 7) is 0.448. The lowest BCUT2D eigenvalue weighted by molar-refractivity contribution is -0.116. The first kappa shape index (κ1) is 7.76. The summed E-state index contributed by atoms with van der Waals surface area (Å²) in [6.07, 6.45) is 0. The summed E-state index contributed by atoms with van der Waals surface area (Å²) in [5.74, 6) is -0.585. The molecule has 0 saturated carbocycles. The van der Waals surface area contributed by atoms with Crippen LogP contribution in [0.2, 0.25) is 0 Å². The summed E-state index contributed by atoms with van der Waals surface area (Å²) < 4.78 is 0. The fourth-order valence-corrected chi connectivity index (χ4v) is 1.26. The van der Waals surface area contributed by atoms with Crippen LogP contribution in [-0.4, -0.2) is 5.91 Å². The molecule has 1 rings (SSSR count). The standard InChI is InChI=1S/C7H6N2OS/c8-4-7(10)9-5-6-2-1-3-11-6/h1-3H,5H2,(H,9,10). The number of thiophene rings is 1. The minimum atomic E-state index is -0.585. The molecule has 0 aliphatic heterocycles. The number of nitriles is 1. The Morgan fingerprint density at radius 3 is 3.18 bits per heavy atom. The molecule has 0 saturated heterocycles. The van der Waals surface area contributed by atoms with Gasteiger partial charge in [-0.1, -0.05) is 6.07 Å². The van der Waals surface area contributed by atoms with Crippen molar-refractivity contribution in [3.8, 4) is 6.07 Å². The van der Waals surface area contributed by atoms with Crippen LogP contribution < -0.4 is 5.32 Å². The van der Waals surface area contributed by atoms with Crippen molar-refractivity contribution < 1.29 is 4.79 Å². The van der Waals surface area contributed by atoms with Gasteiger partial charge in [0, 0.05) is 4.88 Å². The number of hydrogen-bond acceptors (Lipinski definition) is 3. The van der Waals surface area contributed by atoms with Crippen LogP contribution in [0.4, 0.5) is 0 Å². The van der Waals surface area contributed by atoms with Gasteiger partial charge in [0.15, 0.2) is 6.07 Å². The Balaban J connectivity index is 2.36. The Labute approximate surface area is 68.3 Å². The highest BCUT2D eigenvalue weighted by atomic mass is 32.1. The molecule has 0 bridgehead atoms. The molecule has 1 amide bonds. The lowest BCUT2D eigenvalue weighted by atomic mass is 10.4. The van der Waals surface area contributed by atoms with Crippen molar-refractivity contribution in [2.75, 3.05) is 0 Å². The minimum absolute atomic E-state index is 0.448. The molecule has 0 aromatic carbocycles. The number of hydrogen-bond donors (Lipinski definition) is 1. The molecular formula is C7H6N2OS.